The summed E-state index contributed by atoms with van der Waals surface area (Å²) in [6.45, 7) is 0.156. The highest BCUT2D eigenvalue weighted by Crippen LogP contribution is 2.34. The number of carbonyl (C=O) groups excluding carboxylic acids is 1. The van der Waals surface area contributed by atoms with E-state index in [1.165, 1.54) is 4.31 Å². The second-order valence-corrected chi connectivity index (χ2v) is 8.04. The number of nitrogens with zero attached hydrogens (tertiary/aromatic N) is 1. The lowest BCUT2D eigenvalue weighted by molar-refractivity contribution is -0.122. The number of hydrogen-bond acceptors (Lipinski definition) is 4. The predicted molar refractivity (Wildman–Crippen MR) is 97.7 cm³/mol. The van der Waals surface area contributed by atoms with Gasteiger partial charge >= 0.3 is 0 Å². The van der Waals surface area contributed by atoms with Gasteiger partial charge in [0.15, 0.2) is 6.10 Å². The number of carbonyl (C=O) groups is 1. The summed E-state index contributed by atoms with van der Waals surface area (Å²) >= 11 is 5.92. The first-order valence-electron chi connectivity index (χ1n) is 7.64. The fraction of sp³-hybridized carbons (Fsp3) is 0.235. The van der Waals surface area contributed by atoms with E-state index in [4.69, 9.17) is 16.3 Å². The maximum absolute atomic E-state index is 12.6. The van der Waals surface area contributed by atoms with Gasteiger partial charge < -0.3 is 10.1 Å². The molecule has 8 heteroatoms. The smallest absolute Gasteiger partial charge is 0.265 e. The number of rotatable bonds is 3. The van der Waals surface area contributed by atoms with Crippen molar-refractivity contribution in [2.75, 3.05) is 22.4 Å². The van der Waals surface area contributed by atoms with Crippen LogP contribution in [0.4, 0.5) is 11.4 Å². The van der Waals surface area contributed by atoms with E-state index < -0.39 is 16.1 Å². The Kier molecular flexibility index (Phi) is 4.87. The molecule has 0 saturated carbocycles. The maximum Gasteiger partial charge on any atom is 0.265 e. The summed E-state index contributed by atoms with van der Waals surface area (Å²) in [4.78, 5) is 12.6. The minimum atomic E-state index is -3.47. The Balaban J connectivity index is 1.85. The van der Waals surface area contributed by atoms with Crippen molar-refractivity contribution in [1.82, 2.24) is 0 Å². The minimum Gasteiger partial charge on any atom is -0.478 e. The molecule has 1 N–H and O–H groups in total. The summed E-state index contributed by atoms with van der Waals surface area (Å²) in [5, 5.41) is 3.26. The van der Waals surface area contributed by atoms with Crippen LogP contribution in [0.3, 0.4) is 0 Å². The summed E-state index contributed by atoms with van der Waals surface area (Å²) in [6, 6.07) is 13.6. The fourth-order valence-corrected chi connectivity index (χ4v) is 3.78. The van der Waals surface area contributed by atoms with Crippen molar-refractivity contribution in [3.8, 4) is 5.75 Å². The SMILES string of the molecule is CS(=O)(=O)N1CC[C@H](C(=O)Nc2cccc(Cl)c2)Oc2ccccc21. The van der Waals surface area contributed by atoms with E-state index in [1.54, 1.807) is 48.5 Å². The van der Waals surface area contributed by atoms with Gasteiger partial charge in [-0.05, 0) is 30.3 Å². The largest absolute Gasteiger partial charge is 0.478 e. The third-order valence-electron chi connectivity index (χ3n) is 3.78. The normalized spacial score (nSPS) is 17.2. The van der Waals surface area contributed by atoms with E-state index >= 15 is 0 Å². The number of benzene rings is 2. The molecule has 2 aromatic rings. The molecular weight excluding hydrogens is 364 g/mol. The van der Waals surface area contributed by atoms with Crippen LogP contribution < -0.4 is 14.4 Å². The van der Waals surface area contributed by atoms with Crippen LogP contribution in [0.15, 0.2) is 48.5 Å². The number of nitrogens with one attached hydrogen (secondary N) is 1. The third-order valence-corrected chi connectivity index (χ3v) is 5.20. The van der Waals surface area contributed by atoms with Crippen LogP contribution in [-0.2, 0) is 14.8 Å². The standard InChI is InChI=1S/C17H17ClN2O4S/c1-25(22,23)20-10-9-16(24-15-8-3-2-7-14(15)20)17(21)19-13-6-4-5-12(18)11-13/h2-8,11,16H,9-10H2,1H3,(H,19,21)/t16-/m1/s1. The van der Waals surface area contributed by atoms with Gasteiger partial charge in [0.25, 0.3) is 5.91 Å². The second kappa shape index (κ2) is 6.93. The first kappa shape index (κ1) is 17.6. The summed E-state index contributed by atoms with van der Waals surface area (Å²) < 4.78 is 31.2. The molecular formula is C17H17ClN2O4S. The molecule has 132 valence electrons. The van der Waals surface area contributed by atoms with Crippen molar-refractivity contribution in [3.05, 3.63) is 53.6 Å². The predicted octanol–water partition coefficient (Wildman–Crippen LogP) is 2.90. The number of fused-ring (bicyclic) bond motifs is 1. The van der Waals surface area contributed by atoms with E-state index in [1.807, 2.05) is 0 Å². The van der Waals surface area contributed by atoms with Crippen molar-refractivity contribution < 1.29 is 17.9 Å². The molecule has 3 rings (SSSR count). The number of halogens is 1. The number of ether oxygens (including phenoxy) is 1. The molecule has 0 radical (unpaired) electrons. The van der Waals surface area contributed by atoms with Gasteiger partial charge in [0.1, 0.15) is 5.75 Å². The van der Waals surface area contributed by atoms with Crippen molar-refractivity contribution in [2.45, 2.75) is 12.5 Å². The lowest BCUT2D eigenvalue weighted by Gasteiger charge is -2.20. The van der Waals surface area contributed by atoms with Gasteiger partial charge in [-0.2, -0.15) is 0 Å². The van der Waals surface area contributed by atoms with Crippen LogP contribution in [0.25, 0.3) is 0 Å². The minimum absolute atomic E-state index is 0.156. The Hall–Kier alpha value is -2.25. The molecule has 2 aromatic carbocycles. The van der Waals surface area contributed by atoms with Gasteiger partial charge in [-0.25, -0.2) is 8.42 Å². The monoisotopic (exact) mass is 380 g/mol. The molecule has 6 nitrogen and oxygen atoms in total. The van der Waals surface area contributed by atoms with Gasteiger partial charge in [0.2, 0.25) is 10.0 Å². The lowest BCUT2D eigenvalue weighted by Crippen LogP contribution is -2.35. The number of sulfonamides is 1. The second-order valence-electron chi connectivity index (χ2n) is 5.70. The molecule has 25 heavy (non-hydrogen) atoms. The number of hydrogen-bond donors (Lipinski definition) is 1. The summed E-state index contributed by atoms with van der Waals surface area (Å²) in [5.41, 5.74) is 0.988. The van der Waals surface area contributed by atoms with Crippen molar-refractivity contribution in [3.63, 3.8) is 0 Å². The van der Waals surface area contributed by atoms with Crippen LogP contribution in [0.1, 0.15) is 6.42 Å². The third kappa shape index (κ3) is 4.05. The van der Waals surface area contributed by atoms with E-state index in [9.17, 15) is 13.2 Å². The molecule has 0 saturated heterocycles. The fourth-order valence-electron chi connectivity index (χ4n) is 2.65. The van der Waals surface area contributed by atoms with E-state index in [0.29, 0.717) is 22.1 Å². The Labute approximate surface area is 151 Å². The highest BCUT2D eigenvalue weighted by atomic mass is 35.5. The molecule has 1 aliphatic heterocycles. The quantitative estimate of drug-likeness (QED) is 0.888. The van der Waals surface area contributed by atoms with Crippen LogP contribution in [0.5, 0.6) is 5.75 Å². The Bertz CT molecular complexity index is 901. The van der Waals surface area contributed by atoms with E-state index in [0.717, 1.165) is 6.26 Å². The molecule has 0 fully saturated rings. The maximum atomic E-state index is 12.6. The number of amides is 1. The Morgan fingerprint density at radius 2 is 2.00 bits per heavy atom. The van der Waals surface area contributed by atoms with Crippen molar-refractivity contribution in [2.24, 2.45) is 0 Å². The first-order chi connectivity index (χ1) is 11.8. The van der Waals surface area contributed by atoms with Crippen LogP contribution >= 0.6 is 11.6 Å². The highest BCUT2D eigenvalue weighted by Gasteiger charge is 2.31. The zero-order valence-electron chi connectivity index (χ0n) is 13.5. The molecule has 0 bridgehead atoms. The first-order valence-corrected chi connectivity index (χ1v) is 9.87. The van der Waals surface area contributed by atoms with Gasteiger partial charge in [0, 0.05) is 23.7 Å². The van der Waals surface area contributed by atoms with Gasteiger partial charge in [-0.1, -0.05) is 29.8 Å². The van der Waals surface area contributed by atoms with Crippen molar-refractivity contribution in [1.29, 1.82) is 0 Å². The van der Waals surface area contributed by atoms with E-state index in [-0.39, 0.29) is 18.9 Å². The number of anilines is 2. The summed E-state index contributed by atoms with van der Waals surface area (Å²) in [6.07, 6.45) is 0.552. The molecule has 0 unspecified atom stereocenters. The van der Waals surface area contributed by atoms with Crippen LogP contribution in [-0.4, -0.2) is 33.2 Å². The molecule has 1 heterocycles. The number of para-hydroxylation sites is 2. The molecule has 1 amide bonds. The van der Waals surface area contributed by atoms with E-state index in [2.05, 4.69) is 5.32 Å². The summed E-state index contributed by atoms with van der Waals surface area (Å²) in [7, 11) is -3.47. The summed E-state index contributed by atoms with van der Waals surface area (Å²) in [5.74, 6) is 0.00379. The Morgan fingerprint density at radius 1 is 1.24 bits per heavy atom. The molecule has 0 aromatic heterocycles. The zero-order valence-corrected chi connectivity index (χ0v) is 15.0. The van der Waals surface area contributed by atoms with Gasteiger partial charge in [-0.3, -0.25) is 9.10 Å². The van der Waals surface area contributed by atoms with Crippen molar-refractivity contribution >= 4 is 38.9 Å². The molecule has 0 aliphatic carbocycles. The van der Waals surface area contributed by atoms with Gasteiger partial charge in [-0.15, -0.1) is 0 Å². The highest BCUT2D eigenvalue weighted by molar-refractivity contribution is 7.92. The average Bonchev–Trinajstić information content (AvgIpc) is 2.74. The molecule has 1 aliphatic rings. The van der Waals surface area contributed by atoms with Gasteiger partial charge in [0.05, 0.1) is 11.9 Å². The molecule has 1 atom stereocenters. The average molecular weight is 381 g/mol. The van der Waals surface area contributed by atoms with Crippen LogP contribution in [0.2, 0.25) is 5.02 Å². The zero-order chi connectivity index (χ0) is 18.0. The molecule has 0 spiro atoms. The van der Waals surface area contributed by atoms with Crippen LogP contribution in [0, 0.1) is 0 Å². The topological polar surface area (TPSA) is 75.7 Å². The lowest BCUT2D eigenvalue weighted by atomic mass is 10.2. The Morgan fingerprint density at radius 3 is 2.72 bits per heavy atom.